The predicted octanol–water partition coefficient (Wildman–Crippen LogP) is 2.79. The minimum absolute atomic E-state index is 0.00440. The number of hydrogen-bond donors (Lipinski definition) is 0. The van der Waals surface area contributed by atoms with E-state index in [2.05, 4.69) is 0 Å². The van der Waals surface area contributed by atoms with E-state index in [9.17, 15) is 9.59 Å². The monoisotopic (exact) mass is 339 g/mol. The van der Waals surface area contributed by atoms with Gasteiger partial charge < -0.3 is 14.4 Å². The van der Waals surface area contributed by atoms with E-state index in [0.717, 1.165) is 16.9 Å². The molecule has 1 fully saturated rings. The Hall–Kier alpha value is -2.82. The number of likely N-dealkylation sites (tertiary alicyclic amines) is 1. The van der Waals surface area contributed by atoms with Crippen molar-refractivity contribution in [3.63, 3.8) is 0 Å². The Morgan fingerprint density at radius 3 is 2.48 bits per heavy atom. The fourth-order valence-electron chi connectivity index (χ4n) is 2.88. The fourth-order valence-corrected chi connectivity index (χ4v) is 2.88. The van der Waals surface area contributed by atoms with Crippen LogP contribution in [0.5, 0.6) is 5.75 Å². The first-order valence-corrected chi connectivity index (χ1v) is 8.27. The number of amides is 1. The van der Waals surface area contributed by atoms with E-state index in [1.54, 1.807) is 12.0 Å². The molecule has 2 aromatic carbocycles. The molecule has 5 heteroatoms. The minimum atomic E-state index is -0.394. The molecule has 1 saturated heterocycles. The molecule has 0 aliphatic carbocycles. The van der Waals surface area contributed by atoms with Crippen LogP contribution in [0, 0.1) is 5.92 Å². The van der Waals surface area contributed by atoms with Gasteiger partial charge in [0.15, 0.2) is 0 Å². The quantitative estimate of drug-likeness (QED) is 0.760. The summed E-state index contributed by atoms with van der Waals surface area (Å²) in [4.78, 5) is 26.1. The lowest BCUT2D eigenvalue weighted by Gasteiger charge is -2.16. The molecular formula is C20H21NO4. The van der Waals surface area contributed by atoms with Crippen LogP contribution in [0.15, 0.2) is 54.6 Å². The van der Waals surface area contributed by atoms with E-state index in [-0.39, 0.29) is 24.9 Å². The van der Waals surface area contributed by atoms with Crippen LogP contribution >= 0.6 is 0 Å². The Labute approximate surface area is 147 Å². The first-order valence-electron chi connectivity index (χ1n) is 8.27. The average Bonchev–Trinajstić information content (AvgIpc) is 3.01. The van der Waals surface area contributed by atoms with Crippen LogP contribution in [0.2, 0.25) is 0 Å². The lowest BCUT2D eigenvalue weighted by atomic mass is 10.1. The van der Waals surface area contributed by atoms with Crippen LogP contribution in [0.3, 0.4) is 0 Å². The Balaban J connectivity index is 1.51. The average molecular weight is 339 g/mol. The number of hydrogen-bond acceptors (Lipinski definition) is 4. The van der Waals surface area contributed by atoms with Crippen molar-refractivity contribution in [2.75, 3.05) is 13.7 Å². The second-order valence-electron chi connectivity index (χ2n) is 6.12. The van der Waals surface area contributed by atoms with Crippen molar-refractivity contribution in [3.05, 3.63) is 65.7 Å². The Morgan fingerprint density at radius 1 is 1.08 bits per heavy atom. The number of ether oxygens (including phenoxy) is 2. The molecule has 130 valence electrons. The van der Waals surface area contributed by atoms with Crippen LogP contribution in [0.4, 0.5) is 0 Å². The summed E-state index contributed by atoms with van der Waals surface area (Å²) in [7, 11) is 1.60. The van der Waals surface area contributed by atoms with E-state index in [1.807, 2.05) is 54.6 Å². The van der Waals surface area contributed by atoms with Crippen LogP contribution in [0.1, 0.15) is 17.5 Å². The van der Waals surface area contributed by atoms with Crippen LogP contribution in [0.25, 0.3) is 0 Å². The molecule has 25 heavy (non-hydrogen) atoms. The first kappa shape index (κ1) is 17.0. The molecule has 5 nitrogen and oxygen atoms in total. The van der Waals surface area contributed by atoms with E-state index in [0.29, 0.717) is 13.1 Å². The zero-order valence-electron chi connectivity index (χ0n) is 14.2. The van der Waals surface area contributed by atoms with Crippen LogP contribution < -0.4 is 4.74 Å². The lowest BCUT2D eigenvalue weighted by Crippen LogP contribution is -2.26. The summed E-state index contributed by atoms with van der Waals surface area (Å²) in [5, 5.41) is 0. The summed E-state index contributed by atoms with van der Waals surface area (Å²) in [5.74, 6) is 0.0393. The highest BCUT2D eigenvalue weighted by Gasteiger charge is 2.35. The summed E-state index contributed by atoms with van der Waals surface area (Å²) in [6, 6.07) is 17.1. The third-order valence-corrected chi connectivity index (χ3v) is 4.30. The fraction of sp³-hybridized carbons (Fsp3) is 0.300. The van der Waals surface area contributed by atoms with Gasteiger partial charge in [-0.15, -0.1) is 0 Å². The third kappa shape index (κ3) is 4.38. The largest absolute Gasteiger partial charge is 0.497 e. The minimum Gasteiger partial charge on any atom is -0.497 e. The van der Waals surface area contributed by atoms with Gasteiger partial charge in [-0.3, -0.25) is 9.59 Å². The molecule has 0 aromatic heterocycles. The highest BCUT2D eigenvalue weighted by Crippen LogP contribution is 2.22. The lowest BCUT2D eigenvalue weighted by molar-refractivity contribution is -0.149. The number of rotatable bonds is 6. The second kappa shape index (κ2) is 7.83. The number of esters is 1. The molecule has 2 aromatic rings. The molecule has 3 rings (SSSR count). The summed E-state index contributed by atoms with van der Waals surface area (Å²) in [5.41, 5.74) is 1.95. The van der Waals surface area contributed by atoms with Crippen molar-refractivity contribution in [2.45, 2.75) is 19.6 Å². The smallest absolute Gasteiger partial charge is 0.311 e. The molecule has 1 heterocycles. The van der Waals surface area contributed by atoms with E-state index in [4.69, 9.17) is 9.47 Å². The normalized spacial score (nSPS) is 16.8. The number of nitrogens with zero attached hydrogens (tertiary/aromatic N) is 1. The molecule has 0 unspecified atom stereocenters. The summed E-state index contributed by atoms with van der Waals surface area (Å²) < 4.78 is 10.5. The molecule has 1 aliphatic rings. The van der Waals surface area contributed by atoms with E-state index >= 15 is 0 Å². The molecule has 1 aliphatic heterocycles. The number of carbonyl (C=O) groups excluding carboxylic acids is 2. The van der Waals surface area contributed by atoms with Crippen molar-refractivity contribution < 1.29 is 19.1 Å². The van der Waals surface area contributed by atoms with Crippen molar-refractivity contribution in [1.29, 1.82) is 0 Å². The second-order valence-corrected chi connectivity index (χ2v) is 6.12. The van der Waals surface area contributed by atoms with E-state index in [1.165, 1.54) is 0 Å². The zero-order valence-corrected chi connectivity index (χ0v) is 14.2. The van der Waals surface area contributed by atoms with Crippen LogP contribution in [-0.2, 0) is 27.5 Å². The van der Waals surface area contributed by atoms with E-state index < -0.39 is 5.92 Å². The summed E-state index contributed by atoms with van der Waals surface area (Å²) in [6.45, 7) is 1.14. The number of carbonyl (C=O) groups is 2. The Morgan fingerprint density at radius 2 is 1.80 bits per heavy atom. The topological polar surface area (TPSA) is 55.8 Å². The van der Waals surface area contributed by atoms with Crippen molar-refractivity contribution >= 4 is 11.9 Å². The van der Waals surface area contributed by atoms with Gasteiger partial charge in [-0.1, -0.05) is 42.5 Å². The van der Waals surface area contributed by atoms with Gasteiger partial charge in [0.25, 0.3) is 0 Å². The van der Waals surface area contributed by atoms with Crippen LogP contribution in [-0.4, -0.2) is 30.4 Å². The van der Waals surface area contributed by atoms with Gasteiger partial charge in [0.2, 0.25) is 5.91 Å². The molecule has 0 radical (unpaired) electrons. The maximum atomic E-state index is 12.3. The van der Waals surface area contributed by atoms with Gasteiger partial charge in [0, 0.05) is 19.5 Å². The summed E-state index contributed by atoms with van der Waals surface area (Å²) >= 11 is 0. The van der Waals surface area contributed by atoms with Gasteiger partial charge >= 0.3 is 5.97 Å². The molecular weight excluding hydrogens is 318 g/mol. The highest BCUT2D eigenvalue weighted by molar-refractivity contribution is 5.86. The third-order valence-electron chi connectivity index (χ3n) is 4.30. The molecule has 1 atom stereocenters. The first-order chi connectivity index (χ1) is 12.2. The maximum absolute atomic E-state index is 12.3. The van der Waals surface area contributed by atoms with Gasteiger partial charge in [-0.2, -0.15) is 0 Å². The number of methoxy groups -OCH3 is 1. The molecule has 1 amide bonds. The van der Waals surface area contributed by atoms with Crippen molar-refractivity contribution in [1.82, 2.24) is 4.90 Å². The standard InChI is InChI=1S/C20H21NO4/c1-24-18-9-7-16(8-10-18)14-25-20(23)17-11-19(22)21(13-17)12-15-5-3-2-4-6-15/h2-10,17H,11-14H2,1H3/t17-/m0/s1. The zero-order chi connectivity index (χ0) is 17.6. The molecule has 0 spiro atoms. The molecule has 0 N–H and O–H groups in total. The van der Waals surface area contributed by atoms with Gasteiger partial charge in [0.1, 0.15) is 12.4 Å². The predicted molar refractivity (Wildman–Crippen MR) is 92.8 cm³/mol. The summed E-state index contributed by atoms with van der Waals surface area (Å²) in [6.07, 6.45) is 0.217. The number of benzene rings is 2. The van der Waals surface area contributed by atoms with Crippen molar-refractivity contribution in [3.8, 4) is 5.75 Å². The van der Waals surface area contributed by atoms with Gasteiger partial charge in [-0.25, -0.2) is 0 Å². The Kier molecular flexibility index (Phi) is 5.33. The molecule has 0 saturated carbocycles. The SMILES string of the molecule is COc1ccc(COC(=O)[C@H]2CC(=O)N(Cc3ccccc3)C2)cc1. The Bertz CT molecular complexity index is 727. The van der Waals surface area contributed by atoms with Gasteiger partial charge in [0.05, 0.1) is 13.0 Å². The van der Waals surface area contributed by atoms with Gasteiger partial charge in [-0.05, 0) is 23.3 Å². The highest BCUT2D eigenvalue weighted by atomic mass is 16.5. The maximum Gasteiger partial charge on any atom is 0.311 e. The van der Waals surface area contributed by atoms with Crippen molar-refractivity contribution in [2.24, 2.45) is 5.92 Å². The molecule has 0 bridgehead atoms.